The fourth-order valence-electron chi connectivity index (χ4n) is 2.08. The Labute approximate surface area is 165 Å². The van der Waals surface area contributed by atoms with Crippen molar-refractivity contribution in [3.8, 4) is 5.75 Å². The number of alkyl halides is 3. The maximum Gasteiger partial charge on any atom is 0.471 e. The van der Waals surface area contributed by atoms with Gasteiger partial charge in [0.2, 0.25) is 5.75 Å². The second-order valence-corrected chi connectivity index (χ2v) is 7.20. The largest absolute Gasteiger partial charge is 0.471 e. The third kappa shape index (κ3) is 4.99. The predicted octanol–water partition coefficient (Wildman–Crippen LogP) is 3.08. The summed E-state index contributed by atoms with van der Waals surface area (Å²) in [4.78, 5) is 30.5. The van der Waals surface area contributed by atoms with Gasteiger partial charge in [-0.1, -0.05) is 17.7 Å². The summed E-state index contributed by atoms with van der Waals surface area (Å²) in [5, 5.41) is 23.4. The minimum absolute atomic E-state index is 0.281. The molecule has 0 aliphatic heterocycles. The average Bonchev–Trinajstić information content (AvgIpc) is 2.61. The van der Waals surface area contributed by atoms with Gasteiger partial charge in [-0.05, 0) is 19.1 Å². The number of nitrogens with zero attached hydrogens (tertiary/aromatic N) is 2. The van der Waals surface area contributed by atoms with Gasteiger partial charge in [0, 0.05) is 6.07 Å². The molecule has 0 atom stereocenters. The fourth-order valence-corrected chi connectivity index (χ4v) is 3.04. The summed E-state index contributed by atoms with van der Waals surface area (Å²) in [5.74, 6) is -3.99. The van der Waals surface area contributed by atoms with Crippen molar-refractivity contribution in [1.29, 1.82) is 0 Å². The van der Waals surface area contributed by atoms with Crippen molar-refractivity contribution in [3.05, 3.63) is 62.2 Å². The molecule has 2 aromatic carbocycles. The van der Waals surface area contributed by atoms with Gasteiger partial charge in [0.15, 0.2) is 0 Å². The first-order valence-electron chi connectivity index (χ1n) is 7.58. The number of aryl methyl sites for hydroxylation is 1. The van der Waals surface area contributed by atoms with Gasteiger partial charge in [-0.3, -0.25) is 25.0 Å². The van der Waals surface area contributed by atoms with Gasteiger partial charge in [0.05, 0.1) is 21.6 Å². The number of hydrogen-bond donors (Lipinski definition) is 1. The Morgan fingerprint density at radius 1 is 1.07 bits per heavy atom. The lowest BCUT2D eigenvalue weighted by atomic mass is 10.2. The lowest BCUT2D eigenvalue weighted by Gasteiger charge is -2.13. The normalized spacial score (nSPS) is 11.6. The number of rotatable bonds is 6. The highest BCUT2D eigenvalue weighted by atomic mass is 32.2. The van der Waals surface area contributed by atoms with E-state index in [4.69, 9.17) is 0 Å². The second-order valence-electron chi connectivity index (χ2n) is 5.66. The number of nitrogens with one attached hydrogen (secondary N) is 1. The summed E-state index contributed by atoms with van der Waals surface area (Å²) in [5.41, 5.74) is -3.01. The zero-order valence-corrected chi connectivity index (χ0v) is 15.5. The van der Waals surface area contributed by atoms with Crippen molar-refractivity contribution in [1.82, 2.24) is 0 Å². The van der Waals surface area contributed by atoms with E-state index in [-0.39, 0.29) is 6.07 Å². The van der Waals surface area contributed by atoms with Gasteiger partial charge in [-0.15, -0.1) is 0 Å². The summed E-state index contributed by atoms with van der Waals surface area (Å²) in [6.07, 6.45) is -5.48. The first-order valence-corrected chi connectivity index (χ1v) is 8.99. The molecule has 30 heavy (non-hydrogen) atoms. The highest BCUT2D eigenvalue weighted by molar-refractivity contribution is 7.87. The molecule has 160 valence electrons. The topological polar surface area (TPSA) is 159 Å². The van der Waals surface area contributed by atoms with Crippen LogP contribution < -0.4 is 9.50 Å². The van der Waals surface area contributed by atoms with E-state index in [2.05, 4.69) is 4.18 Å². The molecule has 0 saturated heterocycles. The average molecular weight is 449 g/mol. The molecule has 0 heterocycles. The van der Waals surface area contributed by atoms with Crippen LogP contribution in [0.15, 0.2) is 41.3 Å². The molecule has 0 spiro atoms. The lowest BCUT2D eigenvalue weighted by molar-refractivity contribution is -0.394. The van der Waals surface area contributed by atoms with Crippen LogP contribution in [-0.4, -0.2) is 30.3 Å². The van der Waals surface area contributed by atoms with Crippen LogP contribution in [0.2, 0.25) is 0 Å². The number of nitro benzene ring substituents is 2. The molecular formula is C15H10F3N3O8S. The Kier molecular flexibility index (Phi) is 5.96. The first-order chi connectivity index (χ1) is 13.7. The lowest BCUT2D eigenvalue weighted by Crippen LogP contribution is -2.30. The first kappa shape index (κ1) is 22.5. The molecule has 1 N–H and O–H groups in total. The van der Waals surface area contributed by atoms with E-state index >= 15 is 0 Å². The maximum absolute atomic E-state index is 12.6. The van der Waals surface area contributed by atoms with E-state index in [1.165, 1.54) is 12.1 Å². The summed E-state index contributed by atoms with van der Waals surface area (Å²) in [6.45, 7) is 1.63. The van der Waals surface area contributed by atoms with Crippen LogP contribution in [0, 0.1) is 27.2 Å². The van der Waals surface area contributed by atoms with Crippen LogP contribution >= 0.6 is 0 Å². The van der Waals surface area contributed by atoms with Gasteiger partial charge >= 0.3 is 27.9 Å². The molecule has 0 unspecified atom stereocenters. The molecule has 0 fully saturated rings. The van der Waals surface area contributed by atoms with E-state index in [1.807, 2.05) is 0 Å². The summed E-state index contributed by atoms with van der Waals surface area (Å²) in [7, 11) is -4.82. The molecule has 0 saturated carbocycles. The van der Waals surface area contributed by atoms with Crippen molar-refractivity contribution in [3.63, 3.8) is 0 Å². The molecule has 2 rings (SSSR count). The number of non-ortho nitro benzene ring substituents is 1. The molecule has 0 aliphatic rings. The molecule has 1 amide bonds. The van der Waals surface area contributed by atoms with Crippen LogP contribution in [0.4, 0.5) is 30.2 Å². The van der Waals surface area contributed by atoms with Crippen LogP contribution in [0.5, 0.6) is 5.75 Å². The minimum Gasteiger partial charge on any atom is -0.369 e. The van der Waals surface area contributed by atoms with Crippen LogP contribution in [-0.2, 0) is 14.9 Å². The second kappa shape index (κ2) is 7.94. The Balaban J connectivity index is 2.68. The highest BCUT2D eigenvalue weighted by Gasteiger charge is 2.40. The van der Waals surface area contributed by atoms with Crippen molar-refractivity contribution >= 4 is 33.1 Å². The quantitative estimate of drug-likeness (QED) is 0.400. The Hall–Kier alpha value is -3.75. The third-order valence-corrected chi connectivity index (χ3v) is 4.71. The number of hydrogen-bond acceptors (Lipinski definition) is 8. The smallest absolute Gasteiger partial charge is 0.369 e. The van der Waals surface area contributed by atoms with Crippen molar-refractivity contribution < 1.29 is 40.4 Å². The zero-order valence-electron chi connectivity index (χ0n) is 14.7. The molecule has 0 aromatic heterocycles. The Morgan fingerprint density at radius 3 is 2.10 bits per heavy atom. The summed E-state index contributed by atoms with van der Waals surface area (Å²) >= 11 is 0. The third-order valence-electron chi connectivity index (χ3n) is 3.47. The number of carbonyl (C=O) groups excluding carboxylic acids is 1. The van der Waals surface area contributed by atoms with E-state index in [0.29, 0.717) is 11.6 Å². The molecule has 15 heteroatoms. The van der Waals surface area contributed by atoms with Crippen LogP contribution in [0.25, 0.3) is 0 Å². The van der Waals surface area contributed by atoms with Gasteiger partial charge < -0.3 is 9.50 Å². The summed E-state index contributed by atoms with van der Waals surface area (Å²) < 4.78 is 67.2. The molecule has 0 bridgehead atoms. The zero-order chi connectivity index (χ0) is 22.9. The van der Waals surface area contributed by atoms with E-state index in [0.717, 1.165) is 17.4 Å². The van der Waals surface area contributed by atoms with E-state index in [9.17, 15) is 46.6 Å². The van der Waals surface area contributed by atoms with E-state index in [1.54, 1.807) is 6.92 Å². The Morgan fingerprint density at radius 2 is 1.63 bits per heavy atom. The SMILES string of the molecule is Cc1ccc(S(=O)(=O)Oc2c(NC(=O)C(F)(F)F)cc([N+](=O)[O-])cc2[N+](=O)[O-])cc1. The van der Waals surface area contributed by atoms with Gasteiger partial charge in [0.25, 0.3) is 5.69 Å². The molecule has 0 radical (unpaired) electrons. The fraction of sp³-hybridized carbons (Fsp3) is 0.133. The maximum atomic E-state index is 12.6. The Bertz CT molecular complexity index is 1130. The summed E-state index contributed by atoms with van der Waals surface area (Å²) in [6, 6.07) is 5.42. The highest BCUT2D eigenvalue weighted by Crippen LogP contribution is 2.41. The van der Waals surface area contributed by atoms with Crippen LogP contribution in [0.1, 0.15) is 5.56 Å². The molecular weight excluding hydrogens is 439 g/mol. The number of anilines is 1. The van der Waals surface area contributed by atoms with Gasteiger partial charge in [-0.25, -0.2) is 0 Å². The molecule has 2 aromatic rings. The predicted molar refractivity (Wildman–Crippen MR) is 93.4 cm³/mol. The standard InChI is InChI=1S/C15H10F3N3O8S/c1-8-2-4-10(5-3-8)30(27,28)29-13-11(19-14(22)15(16,17)18)6-9(20(23)24)7-12(13)21(25)26/h2-7H,1H3,(H,19,22). The minimum atomic E-state index is -5.48. The molecule has 0 aliphatic carbocycles. The molecule has 11 nitrogen and oxygen atoms in total. The number of nitro groups is 2. The number of benzene rings is 2. The van der Waals surface area contributed by atoms with Crippen LogP contribution in [0.3, 0.4) is 0 Å². The number of halogens is 3. The van der Waals surface area contributed by atoms with Gasteiger partial charge in [-0.2, -0.15) is 21.6 Å². The number of carbonyl (C=O) groups is 1. The van der Waals surface area contributed by atoms with Crippen molar-refractivity contribution in [2.24, 2.45) is 0 Å². The van der Waals surface area contributed by atoms with E-state index < -0.39 is 59.8 Å². The van der Waals surface area contributed by atoms with Crippen molar-refractivity contribution in [2.75, 3.05) is 5.32 Å². The monoisotopic (exact) mass is 449 g/mol. The number of amides is 1. The van der Waals surface area contributed by atoms with Gasteiger partial charge in [0.1, 0.15) is 4.90 Å². The van der Waals surface area contributed by atoms with Crippen molar-refractivity contribution in [2.45, 2.75) is 18.0 Å².